The lowest BCUT2D eigenvalue weighted by molar-refractivity contribution is -0.119. The van der Waals surface area contributed by atoms with E-state index in [9.17, 15) is 4.79 Å². The molecule has 104 valence electrons. The average molecular weight is 268 g/mol. The first-order chi connectivity index (χ1) is 9.74. The van der Waals surface area contributed by atoms with E-state index in [-0.39, 0.29) is 11.8 Å². The molecular formula is C17H20N2O. The number of carbonyl (C=O) groups is 1. The maximum Gasteiger partial charge on any atom is 0.229 e. The van der Waals surface area contributed by atoms with Crippen LogP contribution < -0.4 is 10.6 Å². The van der Waals surface area contributed by atoms with Gasteiger partial charge in [-0.05, 0) is 49.5 Å². The fourth-order valence-electron chi connectivity index (χ4n) is 2.84. The zero-order valence-electron chi connectivity index (χ0n) is 11.8. The Bertz CT molecular complexity index is 586. The molecule has 0 aromatic heterocycles. The third-order valence-electron chi connectivity index (χ3n) is 4.08. The number of hydrogen-bond acceptors (Lipinski definition) is 2. The number of benzene rings is 1. The molecule has 20 heavy (non-hydrogen) atoms. The van der Waals surface area contributed by atoms with Gasteiger partial charge in [0.05, 0.1) is 5.92 Å². The van der Waals surface area contributed by atoms with Crippen LogP contribution in [0.3, 0.4) is 0 Å². The predicted octanol–water partition coefficient (Wildman–Crippen LogP) is 3.15. The predicted molar refractivity (Wildman–Crippen MR) is 81.3 cm³/mol. The Hall–Kier alpha value is -2.03. The molecule has 1 amide bonds. The normalized spacial score (nSPS) is 21.1. The molecule has 0 bridgehead atoms. The van der Waals surface area contributed by atoms with Crippen molar-refractivity contribution >= 4 is 11.6 Å². The molecule has 3 nitrogen and oxygen atoms in total. The number of para-hydroxylation sites is 1. The van der Waals surface area contributed by atoms with Crippen LogP contribution in [-0.4, -0.2) is 12.5 Å². The summed E-state index contributed by atoms with van der Waals surface area (Å²) in [5.41, 5.74) is 4.64. The Labute approximate surface area is 119 Å². The number of nitrogens with one attached hydrogen (secondary N) is 2. The second-order valence-corrected chi connectivity index (χ2v) is 5.54. The molecule has 1 aliphatic heterocycles. The van der Waals surface area contributed by atoms with Crippen molar-refractivity contribution in [1.29, 1.82) is 0 Å². The van der Waals surface area contributed by atoms with Crippen molar-refractivity contribution in [1.82, 2.24) is 5.32 Å². The first kappa shape index (κ1) is 13.0. The van der Waals surface area contributed by atoms with Gasteiger partial charge in [-0.2, -0.15) is 0 Å². The summed E-state index contributed by atoms with van der Waals surface area (Å²) in [6.07, 6.45) is 7.39. The zero-order valence-corrected chi connectivity index (χ0v) is 11.8. The summed E-state index contributed by atoms with van der Waals surface area (Å²) in [6.45, 7) is 2.74. The molecule has 1 unspecified atom stereocenters. The van der Waals surface area contributed by atoms with Crippen LogP contribution >= 0.6 is 0 Å². The van der Waals surface area contributed by atoms with Gasteiger partial charge in [-0.25, -0.2) is 0 Å². The molecule has 1 aromatic carbocycles. The lowest BCUT2D eigenvalue weighted by Crippen LogP contribution is -2.37. The van der Waals surface area contributed by atoms with Crippen LogP contribution in [0.4, 0.5) is 5.69 Å². The molecule has 1 heterocycles. The van der Waals surface area contributed by atoms with Gasteiger partial charge in [0.2, 0.25) is 5.91 Å². The second-order valence-electron chi connectivity index (χ2n) is 5.54. The minimum atomic E-state index is 0.0276. The van der Waals surface area contributed by atoms with Crippen LogP contribution in [-0.2, 0) is 4.79 Å². The molecule has 3 heteroatoms. The number of rotatable bonds is 2. The van der Waals surface area contributed by atoms with Gasteiger partial charge in [0.1, 0.15) is 0 Å². The summed E-state index contributed by atoms with van der Waals surface area (Å²) in [5, 5.41) is 6.44. The maximum atomic E-state index is 12.4. The van der Waals surface area contributed by atoms with Crippen molar-refractivity contribution in [3.63, 3.8) is 0 Å². The Morgan fingerprint density at radius 3 is 3.05 bits per heavy atom. The Morgan fingerprint density at radius 2 is 2.20 bits per heavy atom. The minimum Gasteiger partial charge on any atom is -0.384 e. The van der Waals surface area contributed by atoms with Gasteiger partial charge in [-0.15, -0.1) is 0 Å². The van der Waals surface area contributed by atoms with E-state index in [2.05, 4.69) is 22.8 Å². The smallest absolute Gasteiger partial charge is 0.229 e. The average Bonchev–Trinajstić information content (AvgIpc) is 2.49. The molecule has 0 fully saturated rings. The van der Waals surface area contributed by atoms with Gasteiger partial charge >= 0.3 is 0 Å². The highest BCUT2D eigenvalue weighted by Crippen LogP contribution is 2.28. The van der Waals surface area contributed by atoms with E-state index in [0.717, 1.165) is 37.1 Å². The molecule has 1 aromatic rings. The number of hydrogen-bond donors (Lipinski definition) is 2. The Morgan fingerprint density at radius 1 is 1.35 bits per heavy atom. The number of anilines is 1. The largest absolute Gasteiger partial charge is 0.384 e. The summed E-state index contributed by atoms with van der Waals surface area (Å²) in [7, 11) is 0. The van der Waals surface area contributed by atoms with E-state index < -0.39 is 0 Å². The number of carbonyl (C=O) groups excluding carboxylic acids is 1. The molecule has 1 atom stereocenters. The standard InChI is InChI=1S/C17H20N2O/c1-12-6-2-4-8-15(12)19-17(20)14-10-13-7-3-5-9-16(13)18-11-14/h2,4-6,8-9,14,18H,3,7,10-11H2,1H3,(H,19,20). The molecular weight excluding hydrogens is 248 g/mol. The third-order valence-corrected chi connectivity index (χ3v) is 4.08. The van der Waals surface area contributed by atoms with E-state index >= 15 is 0 Å². The van der Waals surface area contributed by atoms with Crippen molar-refractivity contribution in [2.75, 3.05) is 11.9 Å². The lowest BCUT2D eigenvalue weighted by Gasteiger charge is -2.28. The van der Waals surface area contributed by atoms with Gasteiger partial charge in [-0.3, -0.25) is 4.79 Å². The molecule has 2 aliphatic rings. The fourth-order valence-corrected chi connectivity index (χ4v) is 2.84. The van der Waals surface area contributed by atoms with E-state index in [1.165, 1.54) is 11.3 Å². The number of allylic oxidation sites excluding steroid dienone is 3. The van der Waals surface area contributed by atoms with E-state index in [0.29, 0.717) is 0 Å². The molecule has 0 saturated carbocycles. The molecule has 0 radical (unpaired) electrons. The van der Waals surface area contributed by atoms with Crippen LogP contribution in [0.5, 0.6) is 0 Å². The minimum absolute atomic E-state index is 0.0276. The maximum absolute atomic E-state index is 12.4. The second kappa shape index (κ2) is 5.53. The summed E-state index contributed by atoms with van der Waals surface area (Å²) in [4.78, 5) is 12.4. The summed E-state index contributed by atoms with van der Waals surface area (Å²) in [6, 6.07) is 7.91. The molecule has 0 spiro atoms. The van der Waals surface area contributed by atoms with Crippen LogP contribution in [0, 0.1) is 12.8 Å². The van der Waals surface area contributed by atoms with Crippen molar-refractivity contribution in [3.05, 3.63) is 53.3 Å². The van der Waals surface area contributed by atoms with Gasteiger partial charge in [0, 0.05) is 17.9 Å². The van der Waals surface area contributed by atoms with Crippen molar-refractivity contribution in [3.8, 4) is 0 Å². The molecule has 0 saturated heterocycles. The summed E-state index contributed by atoms with van der Waals surface area (Å²) in [5.74, 6) is 0.146. The van der Waals surface area contributed by atoms with E-state index in [1.807, 2.05) is 31.2 Å². The van der Waals surface area contributed by atoms with Crippen molar-refractivity contribution in [2.45, 2.75) is 26.2 Å². The highest BCUT2D eigenvalue weighted by molar-refractivity contribution is 5.93. The lowest BCUT2D eigenvalue weighted by atomic mass is 9.88. The molecule has 2 N–H and O–H groups in total. The SMILES string of the molecule is Cc1ccccc1NC(=O)C1CNC2=C(CCC=C2)C1. The van der Waals surface area contributed by atoms with E-state index in [4.69, 9.17) is 0 Å². The Balaban J connectivity index is 1.69. The van der Waals surface area contributed by atoms with Crippen LogP contribution in [0.15, 0.2) is 47.7 Å². The first-order valence-corrected chi connectivity index (χ1v) is 7.23. The van der Waals surface area contributed by atoms with Gasteiger partial charge < -0.3 is 10.6 Å². The van der Waals surface area contributed by atoms with Crippen LogP contribution in [0.25, 0.3) is 0 Å². The zero-order chi connectivity index (χ0) is 13.9. The van der Waals surface area contributed by atoms with Gasteiger partial charge in [0.15, 0.2) is 0 Å². The molecule has 1 aliphatic carbocycles. The number of aryl methyl sites for hydroxylation is 1. The van der Waals surface area contributed by atoms with Crippen LogP contribution in [0.2, 0.25) is 0 Å². The molecule has 3 rings (SSSR count). The summed E-state index contributed by atoms with van der Waals surface area (Å²) < 4.78 is 0. The first-order valence-electron chi connectivity index (χ1n) is 7.23. The van der Waals surface area contributed by atoms with Crippen LogP contribution in [0.1, 0.15) is 24.8 Å². The van der Waals surface area contributed by atoms with Crippen molar-refractivity contribution < 1.29 is 4.79 Å². The summed E-state index contributed by atoms with van der Waals surface area (Å²) >= 11 is 0. The number of amides is 1. The van der Waals surface area contributed by atoms with Crippen molar-refractivity contribution in [2.24, 2.45) is 5.92 Å². The monoisotopic (exact) mass is 268 g/mol. The topological polar surface area (TPSA) is 41.1 Å². The Kier molecular flexibility index (Phi) is 3.59. The van der Waals surface area contributed by atoms with E-state index in [1.54, 1.807) is 0 Å². The highest BCUT2D eigenvalue weighted by Gasteiger charge is 2.26. The fraction of sp³-hybridized carbons (Fsp3) is 0.353. The highest BCUT2D eigenvalue weighted by atomic mass is 16.1. The third kappa shape index (κ3) is 2.62. The van der Waals surface area contributed by atoms with Gasteiger partial charge in [0.25, 0.3) is 0 Å². The van der Waals surface area contributed by atoms with Gasteiger partial charge in [-0.1, -0.05) is 24.3 Å². The quantitative estimate of drug-likeness (QED) is 0.865.